The monoisotopic (exact) mass is 470 g/mol. The summed E-state index contributed by atoms with van der Waals surface area (Å²) in [6.45, 7) is 1.19. The van der Waals surface area contributed by atoms with Crippen molar-refractivity contribution in [2.75, 3.05) is 7.11 Å². The third-order valence-electron chi connectivity index (χ3n) is 5.15. The Labute approximate surface area is 193 Å². The first-order chi connectivity index (χ1) is 16.2. The fraction of sp³-hybridized carbons (Fsp3) is 0.250. The molecular weight excluding hydrogens is 447 g/mol. The van der Waals surface area contributed by atoms with E-state index in [0.717, 1.165) is 6.07 Å². The van der Waals surface area contributed by atoms with Crippen LogP contribution in [0, 0.1) is 5.82 Å². The van der Waals surface area contributed by atoms with Crippen molar-refractivity contribution in [3.05, 3.63) is 75.9 Å². The number of benzene rings is 2. The van der Waals surface area contributed by atoms with Crippen LogP contribution in [0.5, 0.6) is 5.75 Å². The van der Waals surface area contributed by atoms with E-state index in [1.807, 2.05) is 0 Å². The summed E-state index contributed by atoms with van der Waals surface area (Å²) in [6.07, 6.45) is -0.413. The van der Waals surface area contributed by atoms with E-state index in [1.54, 1.807) is 18.2 Å². The van der Waals surface area contributed by atoms with Crippen molar-refractivity contribution in [1.82, 2.24) is 10.6 Å². The van der Waals surface area contributed by atoms with Gasteiger partial charge in [0.25, 0.3) is 0 Å². The number of nitrogens with one attached hydrogen (secondary N) is 2. The van der Waals surface area contributed by atoms with Gasteiger partial charge in [-0.3, -0.25) is 9.59 Å². The molecule has 3 rings (SSSR count). The maximum atomic E-state index is 14.1. The third kappa shape index (κ3) is 5.97. The van der Waals surface area contributed by atoms with Gasteiger partial charge in [0.15, 0.2) is 0 Å². The number of carboxylic acid groups (broad SMARTS) is 1. The molecule has 0 aliphatic carbocycles. The average molecular weight is 470 g/mol. The standard InChI is InChI=1S/C24H23FN2O7/c1-13(28)26-19(9-14-5-3-4-6-18(14)25)23(30)27-20(24(31)32)10-15-11-22(29)34-21-12-16(33-2)7-8-17(15)21/h3-8,11-12,19-20H,9-10H2,1-2H3,(H,26,28)(H,27,30)(H,31,32)/t19-,20+/m0/s1. The van der Waals surface area contributed by atoms with E-state index in [2.05, 4.69) is 10.6 Å². The molecule has 0 saturated carbocycles. The van der Waals surface area contributed by atoms with E-state index < -0.39 is 41.3 Å². The van der Waals surface area contributed by atoms with Gasteiger partial charge in [0.1, 0.15) is 29.2 Å². The summed E-state index contributed by atoms with van der Waals surface area (Å²) < 4.78 is 24.4. The Morgan fingerprint density at radius 1 is 1.03 bits per heavy atom. The van der Waals surface area contributed by atoms with Gasteiger partial charge < -0.3 is 24.9 Å². The van der Waals surface area contributed by atoms with Gasteiger partial charge in [-0.25, -0.2) is 14.0 Å². The van der Waals surface area contributed by atoms with Gasteiger partial charge in [0, 0.05) is 37.3 Å². The molecule has 0 radical (unpaired) electrons. The summed E-state index contributed by atoms with van der Waals surface area (Å²) in [5.41, 5.74) is 0.0329. The number of methoxy groups -OCH3 is 1. The molecule has 0 aliphatic heterocycles. The molecule has 0 fully saturated rings. The van der Waals surface area contributed by atoms with Crippen LogP contribution in [0.4, 0.5) is 4.39 Å². The van der Waals surface area contributed by atoms with E-state index in [4.69, 9.17) is 9.15 Å². The van der Waals surface area contributed by atoms with Crippen LogP contribution < -0.4 is 21.0 Å². The topological polar surface area (TPSA) is 135 Å². The molecule has 2 aromatic carbocycles. The summed E-state index contributed by atoms with van der Waals surface area (Å²) in [7, 11) is 1.45. The predicted octanol–water partition coefficient (Wildman–Crippen LogP) is 1.80. The van der Waals surface area contributed by atoms with Crippen LogP contribution in [-0.2, 0) is 27.2 Å². The molecule has 1 aromatic heterocycles. The summed E-state index contributed by atoms with van der Waals surface area (Å²) >= 11 is 0. The lowest BCUT2D eigenvalue weighted by Gasteiger charge is -2.21. The summed E-state index contributed by atoms with van der Waals surface area (Å²) in [6, 6.07) is 9.01. The van der Waals surface area contributed by atoms with Gasteiger partial charge >= 0.3 is 11.6 Å². The summed E-state index contributed by atoms with van der Waals surface area (Å²) in [4.78, 5) is 48.5. The van der Waals surface area contributed by atoms with Crippen molar-refractivity contribution in [1.29, 1.82) is 0 Å². The molecule has 0 saturated heterocycles. The first kappa shape index (κ1) is 24.4. The third-order valence-corrected chi connectivity index (χ3v) is 5.15. The number of halogens is 1. The largest absolute Gasteiger partial charge is 0.497 e. The van der Waals surface area contributed by atoms with Gasteiger partial charge in [-0.15, -0.1) is 0 Å². The van der Waals surface area contributed by atoms with Crippen molar-refractivity contribution in [3.63, 3.8) is 0 Å². The Morgan fingerprint density at radius 3 is 2.38 bits per heavy atom. The highest BCUT2D eigenvalue weighted by atomic mass is 19.1. The predicted molar refractivity (Wildman–Crippen MR) is 120 cm³/mol. The number of hydrogen-bond acceptors (Lipinski definition) is 6. The second-order valence-corrected chi connectivity index (χ2v) is 7.60. The highest BCUT2D eigenvalue weighted by Gasteiger charge is 2.28. The van der Waals surface area contributed by atoms with E-state index in [0.29, 0.717) is 16.7 Å². The summed E-state index contributed by atoms with van der Waals surface area (Å²) in [5, 5.41) is 15.0. The maximum Gasteiger partial charge on any atom is 0.336 e. The number of carbonyl (C=O) groups is 3. The number of aliphatic carboxylic acids is 1. The molecule has 3 aromatic rings. The molecule has 0 unspecified atom stereocenters. The number of carbonyl (C=O) groups excluding carboxylic acids is 2. The smallest absolute Gasteiger partial charge is 0.336 e. The molecular formula is C24H23FN2O7. The molecule has 0 aliphatic rings. The molecule has 1 heterocycles. The lowest BCUT2D eigenvalue weighted by atomic mass is 10.0. The van der Waals surface area contributed by atoms with Crippen LogP contribution in [0.2, 0.25) is 0 Å². The van der Waals surface area contributed by atoms with Gasteiger partial charge in [-0.1, -0.05) is 18.2 Å². The lowest BCUT2D eigenvalue weighted by molar-refractivity contribution is -0.142. The molecule has 3 N–H and O–H groups in total. The first-order valence-corrected chi connectivity index (χ1v) is 10.3. The van der Waals surface area contributed by atoms with Crippen LogP contribution in [0.15, 0.2) is 57.7 Å². The van der Waals surface area contributed by atoms with Crippen LogP contribution in [0.1, 0.15) is 18.1 Å². The highest BCUT2D eigenvalue weighted by molar-refractivity contribution is 5.91. The quantitative estimate of drug-likeness (QED) is 0.406. The van der Waals surface area contributed by atoms with Crippen LogP contribution in [-0.4, -0.2) is 42.1 Å². The van der Waals surface area contributed by atoms with E-state index in [-0.39, 0.29) is 24.0 Å². The Hall–Kier alpha value is -4.21. The highest BCUT2D eigenvalue weighted by Crippen LogP contribution is 2.23. The first-order valence-electron chi connectivity index (χ1n) is 10.3. The zero-order chi connectivity index (χ0) is 24.8. The van der Waals surface area contributed by atoms with E-state index in [1.165, 1.54) is 38.3 Å². The molecule has 178 valence electrons. The van der Waals surface area contributed by atoms with Crippen molar-refractivity contribution in [2.24, 2.45) is 0 Å². The molecule has 0 spiro atoms. The molecule has 34 heavy (non-hydrogen) atoms. The minimum absolute atomic E-state index is 0.178. The maximum absolute atomic E-state index is 14.1. The Kier molecular flexibility index (Phi) is 7.62. The van der Waals surface area contributed by atoms with E-state index in [9.17, 15) is 28.7 Å². The SMILES string of the molecule is COc1ccc2c(C[C@@H](NC(=O)[C@H](Cc3ccccc3F)NC(C)=O)C(=O)O)cc(=O)oc2c1. The molecule has 2 amide bonds. The average Bonchev–Trinajstić information content (AvgIpc) is 2.78. The molecule has 10 heteroatoms. The van der Waals surface area contributed by atoms with Crippen LogP contribution in [0.25, 0.3) is 11.0 Å². The second kappa shape index (κ2) is 10.6. The number of amides is 2. The molecule has 0 bridgehead atoms. The van der Waals surface area contributed by atoms with Crippen molar-refractivity contribution >= 4 is 28.8 Å². The minimum Gasteiger partial charge on any atom is -0.497 e. The van der Waals surface area contributed by atoms with Crippen molar-refractivity contribution in [3.8, 4) is 5.75 Å². The fourth-order valence-corrected chi connectivity index (χ4v) is 3.54. The Bertz CT molecular complexity index is 1290. The normalized spacial score (nSPS) is 12.6. The zero-order valence-electron chi connectivity index (χ0n) is 18.5. The number of rotatable bonds is 9. The van der Waals surface area contributed by atoms with Gasteiger partial charge in [-0.05, 0) is 29.3 Å². The number of fused-ring (bicyclic) bond motifs is 1. The fourth-order valence-electron chi connectivity index (χ4n) is 3.54. The molecule has 2 atom stereocenters. The summed E-state index contributed by atoms with van der Waals surface area (Å²) in [5.74, 6) is -2.81. The lowest BCUT2D eigenvalue weighted by Crippen LogP contribution is -2.52. The number of ether oxygens (including phenoxy) is 1. The van der Waals surface area contributed by atoms with Gasteiger partial charge in [-0.2, -0.15) is 0 Å². The van der Waals surface area contributed by atoms with Crippen molar-refractivity contribution in [2.45, 2.75) is 31.8 Å². The second-order valence-electron chi connectivity index (χ2n) is 7.60. The Morgan fingerprint density at radius 2 is 1.74 bits per heavy atom. The van der Waals surface area contributed by atoms with E-state index >= 15 is 0 Å². The zero-order valence-corrected chi connectivity index (χ0v) is 18.5. The molecule has 9 nitrogen and oxygen atoms in total. The van der Waals surface area contributed by atoms with Gasteiger partial charge in [0.05, 0.1) is 7.11 Å². The van der Waals surface area contributed by atoms with Crippen LogP contribution in [0.3, 0.4) is 0 Å². The van der Waals surface area contributed by atoms with Crippen molar-refractivity contribution < 1.29 is 33.0 Å². The Balaban J connectivity index is 1.87. The van der Waals surface area contributed by atoms with Crippen LogP contribution >= 0.6 is 0 Å². The number of carboxylic acids is 1. The minimum atomic E-state index is -1.43. The number of hydrogen-bond donors (Lipinski definition) is 3. The van der Waals surface area contributed by atoms with Gasteiger partial charge in [0.2, 0.25) is 11.8 Å².